The number of hydrogen-bond acceptors (Lipinski definition) is 2. The van der Waals surface area contributed by atoms with Gasteiger partial charge in [-0.15, -0.1) is 0 Å². The van der Waals surface area contributed by atoms with Gasteiger partial charge in [0.15, 0.2) is 0 Å². The van der Waals surface area contributed by atoms with Crippen LogP contribution in [0.5, 0.6) is 0 Å². The zero-order chi connectivity index (χ0) is 26.2. The lowest BCUT2D eigenvalue weighted by molar-refractivity contribution is 0.0950. The molecule has 0 bridgehead atoms. The Labute approximate surface area is 240 Å². The molecule has 4 rings (SSSR count). The van der Waals surface area contributed by atoms with Crippen LogP contribution >= 0.6 is 46.4 Å². The van der Waals surface area contributed by atoms with Crippen LogP contribution in [0.25, 0.3) is 0 Å². The monoisotopic (exact) mass is 576 g/mol. The average molecular weight is 578 g/mol. The predicted molar refractivity (Wildman–Crippen MR) is 157 cm³/mol. The van der Waals surface area contributed by atoms with E-state index in [1.54, 1.807) is 18.2 Å². The van der Waals surface area contributed by atoms with Crippen LogP contribution in [0.2, 0.25) is 20.1 Å². The summed E-state index contributed by atoms with van der Waals surface area (Å²) in [6.45, 7) is 3.81. The number of piperidine rings is 1. The van der Waals surface area contributed by atoms with Gasteiger partial charge in [-0.1, -0.05) is 82.8 Å². The molecule has 3 aromatic carbocycles. The SMILES string of the molecule is O=C(NCC(CCCN1CCC(Cc2ccccc2)CC1)c1ccc(Cl)c(Cl)c1)c1ccc(Cl)cc1Cl. The smallest absolute Gasteiger partial charge is 0.252 e. The van der Waals surface area contributed by atoms with Crippen LogP contribution < -0.4 is 5.32 Å². The van der Waals surface area contributed by atoms with E-state index in [0.29, 0.717) is 32.2 Å². The molecule has 3 aromatic rings. The van der Waals surface area contributed by atoms with Gasteiger partial charge in [-0.25, -0.2) is 0 Å². The highest BCUT2D eigenvalue weighted by molar-refractivity contribution is 6.42. The first kappa shape index (κ1) is 28.3. The van der Waals surface area contributed by atoms with Crippen molar-refractivity contribution in [2.24, 2.45) is 5.92 Å². The number of amides is 1. The molecule has 0 aliphatic carbocycles. The molecule has 1 aliphatic rings. The zero-order valence-corrected chi connectivity index (χ0v) is 23.8. The normalized spacial score (nSPS) is 15.5. The number of carbonyl (C=O) groups excluding carboxylic acids is 1. The third-order valence-electron chi connectivity index (χ3n) is 7.20. The molecular formula is C30H32Cl4N2O. The van der Waals surface area contributed by atoms with Crippen LogP contribution in [0.3, 0.4) is 0 Å². The van der Waals surface area contributed by atoms with Crippen molar-refractivity contribution in [1.29, 1.82) is 0 Å². The molecule has 1 aliphatic heterocycles. The number of likely N-dealkylation sites (tertiary alicyclic amines) is 1. The topological polar surface area (TPSA) is 32.3 Å². The molecule has 3 nitrogen and oxygen atoms in total. The van der Waals surface area contributed by atoms with Gasteiger partial charge in [0.1, 0.15) is 0 Å². The van der Waals surface area contributed by atoms with Gasteiger partial charge in [-0.3, -0.25) is 4.79 Å². The van der Waals surface area contributed by atoms with Crippen LogP contribution in [0.4, 0.5) is 0 Å². The Bertz CT molecular complexity index is 1180. The number of nitrogens with one attached hydrogen (secondary N) is 1. The van der Waals surface area contributed by atoms with Crippen molar-refractivity contribution in [3.05, 3.63) is 104 Å². The molecule has 1 atom stereocenters. The van der Waals surface area contributed by atoms with Crippen molar-refractivity contribution in [3.63, 3.8) is 0 Å². The molecule has 0 radical (unpaired) electrons. The van der Waals surface area contributed by atoms with Gasteiger partial charge in [-0.05, 0) is 99.1 Å². The second-order valence-corrected chi connectivity index (χ2v) is 11.5. The third kappa shape index (κ3) is 8.37. The Balaban J connectivity index is 1.30. The summed E-state index contributed by atoms with van der Waals surface area (Å²) >= 11 is 24.7. The van der Waals surface area contributed by atoms with Crippen LogP contribution in [0, 0.1) is 5.92 Å². The standard InChI is InChI=1S/C30H32Cl4N2O/c31-25-9-10-26(28(33)19-25)30(37)35-20-24(23-8-11-27(32)29(34)18-23)7-4-14-36-15-12-22(13-16-36)17-21-5-2-1-3-6-21/h1-3,5-6,8-11,18-19,22,24H,4,7,12-17,20H2,(H,35,37). The van der Waals surface area contributed by atoms with Crippen molar-refractivity contribution < 1.29 is 4.79 Å². The van der Waals surface area contributed by atoms with E-state index in [-0.39, 0.29) is 11.8 Å². The maximum atomic E-state index is 12.8. The molecule has 1 saturated heterocycles. The number of rotatable bonds is 10. The van der Waals surface area contributed by atoms with E-state index in [4.69, 9.17) is 46.4 Å². The fraction of sp³-hybridized carbons (Fsp3) is 0.367. The first-order valence-electron chi connectivity index (χ1n) is 12.8. The van der Waals surface area contributed by atoms with E-state index in [1.807, 2.05) is 18.2 Å². The summed E-state index contributed by atoms with van der Waals surface area (Å²) in [5.41, 5.74) is 2.92. The van der Waals surface area contributed by atoms with E-state index in [0.717, 1.165) is 44.0 Å². The Morgan fingerprint density at radius 2 is 1.65 bits per heavy atom. The lowest BCUT2D eigenvalue weighted by Crippen LogP contribution is -2.35. The molecule has 1 N–H and O–H groups in total. The second kappa shape index (κ2) is 13.9. The first-order valence-corrected chi connectivity index (χ1v) is 14.3. The van der Waals surface area contributed by atoms with Crippen molar-refractivity contribution in [2.45, 2.75) is 38.0 Å². The van der Waals surface area contributed by atoms with Gasteiger partial charge >= 0.3 is 0 Å². The zero-order valence-electron chi connectivity index (χ0n) is 20.7. The molecule has 196 valence electrons. The van der Waals surface area contributed by atoms with Gasteiger partial charge in [0.25, 0.3) is 5.91 Å². The van der Waals surface area contributed by atoms with E-state index in [9.17, 15) is 4.79 Å². The summed E-state index contributed by atoms with van der Waals surface area (Å²) in [7, 11) is 0. The predicted octanol–water partition coefficient (Wildman–Crippen LogP) is 8.55. The molecule has 7 heteroatoms. The van der Waals surface area contributed by atoms with Gasteiger partial charge in [0.2, 0.25) is 0 Å². The number of nitrogens with zero attached hydrogens (tertiary/aromatic N) is 1. The van der Waals surface area contributed by atoms with Crippen LogP contribution in [0.1, 0.15) is 53.1 Å². The van der Waals surface area contributed by atoms with Gasteiger partial charge in [0, 0.05) is 17.5 Å². The number of benzene rings is 3. The summed E-state index contributed by atoms with van der Waals surface area (Å²) in [4.78, 5) is 15.4. The van der Waals surface area contributed by atoms with Crippen molar-refractivity contribution in [2.75, 3.05) is 26.2 Å². The highest BCUT2D eigenvalue weighted by Gasteiger charge is 2.21. The van der Waals surface area contributed by atoms with Gasteiger partial charge in [0.05, 0.1) is 20.6 Å². The molecular weight excluding hydrogens is 546 g/mol. The molecule has 1 amide bonds. The molecule has 37 heavy (non-hydrogen) atoms. The lowest BCUT2D eigenvalue weighted by Gasteiger charge is -2.32. The van der Waals surface area contributed by atoms with E-state index >= 15 is 0 Å². The van der Waals surface area contributed by atoms with Crippen LogP contribution in [-0.4, -0.2) is 37.0 Å². The number of hydrogen-bond donors (Lipinski definition) is 1. The van der Waals surface area contributed by atoms with E-state index in [1.165, 1.54) is 24.8 Å². The fourth-order valence-corrected chi connectivity index (χ4v) is 5.86. The van der Waals surface area contributed by atoms with Gasteiger partial charge < -0.3 is 10.2 Å². The van der Waals surface area contributed by atoms with Crippen molar-refractivity contribution >= 4 is 52.3 Å². The molecule has 1 heterocycles. The van der Waals surface area contributed by atoms with Crippen molar-refractivity contribution in [1.82, 2.24) is 10.2 Å². The number of carbonyl (C=O) groups is 1. The lowest BCUT2D eigenvalue weighted by atomic mass is 9.89. The van der Waals surface area contributed by atoms with Gasteiger partial charge in [-0.2, -0.15) is 0 Å². The molecule has 0 aromatic heterocycles. The van der Waals surface area contributed by atoms with E-state index in [2.05, 4.69) is 40.5 Å². The maximum Gasteiger partial charge on any atom is 0.252 e. The Morgan fingerprint density at radius 3 is 2.35 bits per heavy atom. The van der Waals surface area contributed by atoms with E-state index < -0.39 is 0 Å². The second-order valence-electron chi connectivity index (χ2n) is 9.82. The summed E-state index contributed by atoms with van der Waals surface area (Å²) in [6, 6.07) is 21.4. The Hall–Kier alpha value is -1.75. The van der Waals surface area contributed by atoms with Crippen LogP contribution in [-0.2, 0) is 6.42 Å². The minimum absolute atomic E-state index is 0.111. The summed E-state index contributed by atoms with van der Waals surface area (Å²) < 4.78 is 0. The number of halogens is 4. The summed E-state index contributed by atoms with van der Waals surface area (Å²) in [5.74, 6) is 0.658. The first-order chi connectivity index (χ1) is 17.9. The average Bonchev–Trinajstić information content (AvgIpc) is 2.89. The largest absolute Gasteiger partial charge is 0.351 e. The summed E-state index contributed by atoms with van der Waals surface area (Å²) in [6.07, 6.45) is 5.61. The van der Waals surface area contributed by atoms with Crippen LogP contribution in [0.15, 0.2) is 66.7 Å². The highest BCUT2D eigenvalue weighted by atomic mass is 35.5. The third-order valence-corrected chi connectivity index (χ3v) is 8.49. The summed E-state index contributed by atoms with van der Waals surface area (Å²) in [5, 5.41) is 4.94. The highest BCUT2D eigenvalue weighted by Crippen LogP contribution is 2.30. The Morgan fingerprint density at radius 1 is 0.892 bits per heavy atom. The molecule has 0 spiro atoms. The molecule has 1 fully saturated rings. The molecule has 1 unspecified atom stereocenters. The molecule has 0 saturated carbocycles. The van der Waals surface area contributed by atoms with Crippen molar-refractivity contribution in [3.8, 4) is 0 Å². The maximum absolute atomic E-state index is 12.8. The quantitative estimate of drug-likeness (QED) is 0.262. The minimum atomic E-state index is -0.216. The minimum Gasteiger partial charge on any atom is -0.351 e. The Kier molecular flexibility index (Phi) is 10.6. The fourth-order valence-electron chi connectivity index (χ4n) is 5.06.